The van der Waals surface area contributed by atoms with Crippen LogP contribution < -0.4 is 0 Å². The number of benzene rings is 3. The lowest BCUT2D eigenvalue weighted by molar-refractivity contribution is -0.401. The fourth-order valence-electron chi connectivity index (χ4n) is 5.80. The molecule has 0 saturated heterocycles. The first kappa shape index (κ1) is 21.4. The molecule has 1 unspecified atom stereocenters. The molecule has 6 rings (SSSR count). The summed E-state index contributed by atoms with van der Waals surface area (Å²) in [6.45, 7) is 2.23. The van der Waals surface area contributed by atoms with E-state index in [4.69, 9.17) is 0 Å². The normalized spacial score (nSPS) is 20.7. The summed E-state index contributed by atoms with van der Waals surface area (Å²) in [5.74, 6) is -0.0389. The van der Waals surface area contributed by atoms with E-state index in [9.17, 15) is 9.90 Å². The standard InChI is InChI=1S/C31H26N2O2/c1-31(18-20-11-5-4-6-12-20)24-14-8-10-16-26(24)33(3)27(31)17-22-29(34)28(30(22)35)23-19-32(2)25-15-9-7-13-21(23)25/h4-17,19H,18H2,1-3H3/p+1. The molecule has 172 valence electrons. The Morgan fingerprint density at radius 1 is 0.971 bits per heavy atom. The van der Waals surface area contributed by atoms with Crippen LogP contribution in [0, 0.1) is 0 Å². The van der Waals surface area contributed by atoms with Gasteiger partial charge in [0.25, 0.3) is 0 Å². The van der Waals surface area contributed by atoms with Crippen molar-refractivity contribution in [3.63, 3.8) is 0 Å². The van der Waals surface area contributed by atoms with Gasteiger partial charge in [0.15, 0.2) is 5.71 Å². The van der Waals surface area contributed by atoms with Crippen molar-refractivity contribution in [1.82, 2.24) is 4.57 Å². The van der Waals surface area contributed by atoms with Gasteiger partial charge < -0.3 is 9.67 Å². The SMILES string of the molecule is Cn1cc(C2=C(O)C(=CC3=[N+](C)c4ccccc4C3(C)Cc3ccccc3)C2=O)c2ccccc21. The summed E-state index contributed by atoms with van der Waals surface area (Å²) >= 11 is 0. The van der Waals surface area contributed by atoms with Gasteiger partial charge in [0.1, 0.15) is 12.8 Å². The van der Waals surface area contributed by atoms with Crippen molar-refractivity contribution in [2.75, 3.05) is 7.05 Å². The van der Waals surface area contributed by atoms with E-state index < -0.39 is 0 Å². The van der Waals surface area contributed by atoms with Gasteiger partial charge in [0.2, 0.25) is 11.5 Å². The van der Waals surface area contributed by atoms with E-state index in [-0.39, 0.29) is 17.0 Å². The molecule has 4 heteroatoms. The minimum absolute atomic E-state index is 0.0743. The Morgan fingerprint density at radius 2 is 1.66 bits per heavy atom. The third-order valence-corrected chi connectivity index (χ3v) is 7.60. The topological polar surface area (TPSA) is 45.2 Å². The second kappa shape index (κ2) is 7.67. The fraction of sp³-hybridized carbons (Fsp3) is 0.161. The maximum Gasteiger partial charge on any atom is 0.209 e. The van der Waals surface area contributed by atoms with Crippen molar-refractivity contribution >= 4 is 33.7 Å². The lowest BCUT2D eigenvalue weighted by Gasteiger charge is -2.25. The van der Waals surface area contributed by atoms with Gasteiger partial charge in [-0.25, -0.2) is 0 Å². The third-order valence-electron chi connectivity index (χ3n) is 7.60. The first-order valence-electron chi connectivity index (χ1n) is 11.9. The molecule has 4 aromatic rings. The molecule has 0 saturated carbocycles. The lowest BCUT2D eigenvalue weighted by atomic mass is 9.73. The molecule has 0 fully saturated rings. The number of aliphatic hydroxyl groups is 1. The van der Waals surface area contributed by atoms with Crippen LogP contribution >= 0.6 is 0 Å². The van der Waals surface area contributed by atoms with E-state index in [2.05, 4.69) is 54.0 Å². The van der Waals surface area contributed by atoms with E-state index in [1.54, 1.807) is 0 Å². The molecule has 3 aromatic carbocycles. The number of carbonyl (C=O) groups excluding carboxylic acids is 1. The molecule has 0 amide bonds. The number of rotatable bonds is 4. The minimum atomic E-state index is -0.338. The predicted molar refractivity (Wildman–Crippen MR) is 140 cm³/mol. The Bertz CT molecular complexity index is 1620. The highest BCUT2D eigenvalue weighted by atomic mass is 16.3. The van der Waals surface area contributed by atoms with Gasteiger partial charge in [-0.15, -0.1) is 0 Å². The van der Waals surface area contributed by atoms with Crippen molar-refractivity contribution in [2.24, 2.45) is 7.05 Å². The van der Waals surface area contributed by atoms with Crippen molar-refractivity contribution in [3.05, 3.63) is 119 Å². The van der Waals surface area contributed by atoms with E-state index in [0.29, 0.717) is 11.1 Å². The smallest absolute Gasteiger partial charge is 0.209 e. The van der Waals surface area contributed by atoms with Gasteiger partial charge in [-0.3, -0.25) is 4.79 Å². The Kier molecular flexibility index (Phi) is 4.68. The maximum absolute atomic E-state index is 13.4. The van der Waals surface area contributed by atoms with E-state index in [1.165, 1.54) is 11.1 Å². The first-order chi connectivity index (χ1) is 16.9. The highest BCUT2D eigenvalue weighted by Crippen LogP contribution is 2.44. The number of aromatic nitrogens is 1. The molecule has 0 spiro atoms. The van der Waals surface area contributed by atoms with Crippen LogP contribution in [0.15, 0.2) is 102 Å². The van der Waals surface area contributed by atoms with E-state index >= 15 is 0 Å². The molecular formula is C31H27N2O2+. The fourth-order valence-corrected chi connectivity index (χ4v) is 5.80. The Hall–Kier alpha value is -4.18. The average molecular weight is 460 g/mol. The number of nitrogens with zero attached hydrogens (tertiary/aromatic N) is 2. The molecular weight excluding hydrogens is 432 g/mol. The monoisotopic (exact) mass is 459 g/mol. The van der Waals surface area contributed by atoms with Crippen molar-refractivity contribution < 1.29 is 14.5 Å². The average Bonchev–Trinajstić information content (AvgIpc) is 3.30. The van der Waals surface area contributed by atoms with Crippen LogP contribution in [-0.4, -0.2) is 32.8 Å². The number of ketones is 1. The largest absolute Gasteiger partial charge is 0.506 e. The molecule has 1 aliphatic carbocycles. The summed E-state index contributed by atoms with van der Waals surface area (Å²) < 4.78 is 4.15. The van der Waals surface area contributed by atoms with Crippen LogP contribution in [0.4, 0.5) is 5.69 Å². The molecule has 1 aromatic heterocycles. The summed E-state index contributed by atoms with van der Waals surface area (Å²) in [7, 11) is 4.00. The molecule has 35 heavy (non-hydrogen) atoms. The highest BCUT2D eigenvalue weighted by molar-refractivity contribution is 6.41. The third kappa shape index (κ3) is 3.06. The Balaban J connectivity index is 1.47. The van der Waals surface area contributed by atoms with E-state index in [0.717, 1.165) is 34.3 Å². The summed E-state index contributed by atoms with van der Waals surface area (Å²) in [6.07, 6.45) is 4.62. The van der Waals surface area contributed by atoms with Crippen LogP contribution in [0.5, 0.6) is 0 Å². The summed E-state index contributed by atoms with van der Waals surface area (Å²) in [5.41, 5.74) is 6.84. The lowest BCUT2D eigenvalue weighted by Crippen LogP contribution is -2.34. The molecule has 1 aliphatic heterocycles. The molecule has 1 N–H and O–H groups in total. The van der Waals surface area contributed by atoms with Crippen LogP contribution in [0.3, 0.4) is 0 Å². The summed E-state index contributed by atoms with van der Waals surface area (Å²) in [5, 5.41) is 12.1. The maximum atomic E-state index is 13.4. The van der Waals surface area contributed by atoms with Crippen LogP contribution in [0.1, 0.15) is 23.6 Å². The van der Waals surface area contributed by atoms with E-state index in [1.807, 2.05) is 67.3 Å². The number of hydrogen-bond donors (Lipinski definition) is 1. The number of allylic oxidation sites excluding steroid dienone is 3. The number of aryl methyl sites for hydroxylation is 1. The zero-order valence-corrected chi connectivity index (χ0v) is 20.1. The van der Waals surface area contributed by atoms with Gasteiger partial charge in [-0.2, -0.15) is 4.58 Å². The Labute approximate surface area is 204 Å². The summed E-state index contributed by atoms with van der Waals surface area (Å²) in [6, 6.07) is 26.8. The Morgan fingerprint density at radius 3 is 2.43 bits per heavy atom. The van der Waals surface area contributed by atoms with Crippen LogP contribution in [0.2, 0.25) is 0 Å². The quantitative estimate of drug-likeness (QED) is 0.306. The molecule has 0 bridgehead atoms. The summed E-state index contributed by atoms with van der Waals surface area (Å²) in [4.78, 5) is 13.4. The highest BCUT2D eigenvalue weighted by Gasteiger charge is 2.48. The van der Waals surface area contributed by atoms with Crippen molar-refractivity contribution in [3.8, 4) is 0 Å². The van der Waals surface area contributed by atoms with Crippen molar-refractivity contribution in [2.45, 2.75) is 18.8 Å². The number of hydrogen-bond acceptors (Lipinski definition) is 2. The second-order valence-electron chi connectivity index (χ2n) is 9.74. The molecule has 4 nitrogen and oxygen atoms in total. The van der Waals surface area contributed by atoms with Crippen LogP contribution in [-0.2, 0) is 23.7 Å². The molecule has 0 radical (unpaired) electrons. The van der Waals surface area contributed by atoms with Gasteiger partial charge in [0, 0.05) is 47.4 Å². The van der Waals surface area contributed by atoms with Gasteiger partial charge in [-0.1, -0.05) is 66.7 Å². The number of fused-ring (bicyclic) bond motifs is 2. The second-order valence-corrected chi connectivity index (χ2v) is 9.74. The number of carbonyl (C=O) groups is 1. The number of aliphatic hydroxyl groups excluding tert-OH is 1. The van der Waals surface area contributed by atoms with Gasteiger partial charge in [-0.05, 0) is 25.0 Å². The number of para-hydroxylation sites is 2. The van der Waals surface area contributed by atoms with Crippen LogP contribution in [0.25, 0.3) is 16.5 Å². The minimum Gasteiger partial charge on any atom is -0.506 e. The first-order valence-corrected chi connectivity index (χ1v) is 11.9. The van der Waals surface area contributed by atoms with Gasteiger partial charge in [0.05, 0.1) is 16.6 Å². The predicted octanol–water partition coefficient (Wildman–Crippen LogP) is 5.89. The molecule has 2 heterocycles. The zero-order chi connectivity index (χ0) is 24.3. The zero-order valence-electron chi connectivity index (χ0n) is 20.1. The molecule has 2 aliphatic rings. The molecule has 1 atom stereocenters. The van der Waals surface area contributed by atoms with Gasteiger partial charge >= 0.3 is 0 Å². The number of Topliss-reactive ketones (excluding diaryl/α,β-unsaturated/α-hetero) is 1. The van der Waals surface area contributed by atoms with Crippen molar-refractivity contribution in [1.29, 1.82) is 0 Å².